The van der Waals surface area contributed by atoms with E-state index in [1.807, 2.05) is 30.3 Å². The lowest BCUT2D eigenvalue weighted by Crippen LogP contribution is -2.29. The first-order chi connectivity index (χ1) is 5.70. The third kappa shape index (κ3) is 4.27. The van der Waals surface area contributed by atoms with Crippen molar-refractivity contribution in [3.05, 3.63) is 35.9 Å². The Hall–Kier alpha value is -0.570. The lowest BCUT2D eigenvalue weighted by atomic mass is 10.1. The van der Waals surface area contributed by atoms with Gasteiger partial charge in [0, 0.05) is 0 Å². The maximum atomic E-state index is 10.6. The zero-order valence-corrected chi connectivity index (χ0v) is 8.52. The van der Waals surface area contributed by atoms with E-state index in [0.717, 1.165) is 5.56 Å². The Bertz CT molecular complexity index is 264. The number of nitrogens with two attached hydrogens (primary N) is 1. The predicted molar refractivity (Wildman–Crippen MR) is 56.2 cm³/mol. The van der Waals surface area contributed by atoms with E-state index >= 15 is 0 Å². The summed E-state index contributed by atoms with van der Waals surface area (Å²) >= 11 is 5.21. The monoisotopic (exact) mass is 219 g/mol. The van der Waals surface area contributed by atoms with Crippen LogP contribution in [0, 0.1) is 0 Å². The van der Waals surface area contributed by atoms with E-state index in [2.05, 4.69) is 0 Å². The molecule has 0 unspecified atom stereocenters. The molecule has 0 bridgehead atoms. The molecule has 0 fully saturated rings. The van der Waals surface area contributed by atoms with Crippen LogP contribution in [0.15, 0.2) is 30.3 Å². The Morgan fingerprint density at radius 2 is 1.92 bits per heavy atom. The number of hydrogen-bond acceptors (Lipinski definition) is 2. The van der Waals surface area contributed by atoms with Gasteiger partial charge in [-0.1, -0.05) is 30.3 Å². The molecule has 72 valence electrons. The van der Waals surface area contributed by atoms with Crippen LogP contribution in [0.1, 0.15) is 5.56 Å². The normalized spacial score (nSPS) is 11.5. The predicted octanol–water partition coefficient (Wildman–Crippen LogP) is 1.74. The summed E-state index contributed by atoms with van der Waals surface area (Å²) in [6.07, 6.45) is 0.503. The minimum atomic E-state index is -0.589. The Labute approximate surface area is 88.5 Å². The van der Waals surface area contributed by atoms with E-state index in [1.54, 1.807) is 0 Å². The molecule has 0 aliphatic rings. The average molecular weight is 220 g/mol. The van der Waals surface area contributed by atoms with Crippen molar-refractivity contribution < 1.29 is 4.79 Å². The molecule has 13 heavy (non-hydrogen) atoms. The molecular weight excluding hydrogens is 209 g/mol. The van der Waals surface area contributed by atoms with Gasteiger partial charge in [0.1, 0.15) is 0 Å². The van der Waals surface area contributed by atoms with Crippen molar-refractivity contribution >= 4 is 29.3 Å². The molecule has 1 rings (SSSR count). The summed E-state index contributed by atoms with van der Waals surface area (Å²) in [5.41, 5.74) is 6.49. The van der Waals surface area contributed by atoms with Crippen molar-refractivity contribution in [1.29, 1.82) is 0 Å². The highest BCUT2D eigenvalue weighted by Gasteiger charge is 2.09. The van der Waals surface area contributed by atoms with Gasteiger partial charge in [-0.05, 0) is 23.6 Å². The molecule has 0 amide bonds. The Morgan fingerprint density at radius 3 is 2.38 bits per heavy atom. The minimum absolute atomic E-state index is 0. The fourth-order valence-electron chi connectivity index (χ4n) is 0.948. The molecule has 4 heteroatoms. The molecule has 0 saturated carbocycles. The topological polar surface area (TPSA) is 43.1 Å². The Kier molecular flexibility index (Phi) is 5.71. The molecule has 1 aromatic carbocycles. The molecule has 0 aliphatic carbocycles. The summed E-state index contributed by atoms with van der Waals surface area (Å²) in [5.74, 6) is 0. The summed E-state index contributed by atoms with van der Waals surface area (Å²) in [6, 6.07) is 8.97. The fourth-order valence-corrected chi connectivity index (χ4v) is 1.03. The molecule has 2 nitrogen and oxygen atoms in total. The molecule has 0 saturated heterocycles. The van der Waals surface area contributed by atoms with Gasteiger partial charge in [-0.15, -0.1) is 12.4 Å². The van der Waals surface area contributed by atoms with E-state index < -0.39 is 11.3 Å². The third-order valence-electron chi connectivity index (χ3n) is 1.59. The summed E-state index contributed by atoms with van der Waals surface area (Å²) < 4.78 is 0. The molecule has 0 aliphatic heterocycles. The second-order valence-corrected chi connectivity index (χ2v) is 2.97. The van der Waals surface area contributed by atoms with Crippen LogP contribution in [0.5, 0.6) is 0 Å². The first-order valence-corrected chi connectivity index (χ1v) is 4.07. The second kappa shape index (κ2) is 5.97. The fraction of sp³-hybridized carbons (Fsp3) is 0.222. The van der Waals surface area contributed by atoms with Crippen molar-refractivity contribution in [2.24, 2.45) is 5.73 Å². The van der Waals surface area contributed by atoms with E-state index in [4.69, 9.17) is 17.3 Å². The largest absolute Gasteiger partial charge is 0.320 e. The number of benzene rings is 1. The number of hydrogen-bond donors (Lipinski definition) is 1. The second-order valence-electron chi connectivity index (χ2n) is 2.60. The van der Waals surface area contributed by atoms with Crippen molar-refractivity contribution in [3.63, 3.8) is 0 Å². The molecular formula is C9H11Cl2NO. The molecule has 2 N–H and O–H groups in total. The number of carbonyl (C=O) groups is 1. The maximum absolute atomic E-state index is 10.6. The standard InChI is InChI=1S/C9H10ClNO.ClH/c10-9(12)8(11)6-7-4-2-1-3-5-7;/h1-5,8H,6,11H2;1H/t8-;/m1./s1. The molecule has 0 aromatic heterocycles. The smallest absolute Gasteiger partial charge is 0.238 e. The minimum Gasteiger partial charge on any atom is -0.320 e. The first kappa shape index (κ1) is 12.4. The van der Waals surface area contributed by atoms with Crippen LogP contribution in [0.2, 0.25) is 0 Å². The van der Waals surface area contributed by atoms with Crippen molar-refractivity contribution in [3.8, 4) is 0 Å². The van der Waals surface area contributed by atoms with Gasteiger partial charge < -0.3 is 5.73 Å². The van der Waals surface area contributed by atoms with Gasteiger partial charge in [0.05, 0.1) is 6.04 Å². The van der Waals surface area contributed by atoms with Crippen LogP contribution in [-0.4, -0.2) is 11.3 Å². The third-order valence-corrected chi connectivity index (χ3v) is 1.87. The van der Waals surface area contributed by atoms with Crippen LogP contribution >= 0.6 is 24.0 Å². The summed E-state index contributed by atoms with van der Waals surface area (Å²) in [7, 11) is 0. The zero-order valence-electron chi connectivity index (χ0n) is 6.94. The number of halogens is 2. The van der Waals surface area contributed by atoms with E-state index in [0.29, 0.717) is 6.42 Å². The molecule has 0 spiro atoms. The van der Waals surface area contributed by atoms with Gasteiger partial charge in [-0.2, -0.15) is 0 Å². The maximum Gasteiger partial charge on any atom is 0.238 e. The molecule has 0 radical (unpaired) electrons. The summed E-state index contributed by atoms with van der Waals surface area (Å²) in [6.45, 7) is 0. The van der Waals surface area contributed by atoms with Gasteiger partial charge in [-0.3, -0.25) is 4.79 Å². The molecule has 0 heterocycles. The SMILES string of the molecule is Cl.N[C@H](Cc1ccccc1)C(=O)Cl. The molecule has 1 atom stereocenters. The van der Waals surface area contributed by atoms with E-state index in [9.17, 15) is 4.79 Å². The number of carbonyl (C=O) groups excluding carboxylic acids is 1. The first-order valence-electron chi connectivity index (χ1n) is 3.69. The highest BCUT2D eigenvalue weighted by molar-refractivity contribution is 6.64. The van der Waals surface area contributed by atoms with Crippen LogP contribution in [-0.2, 0) is 11.2 Å². The quantitative estimate of drug-likeness (QED) is 0.788. The Morgan fingerprint density at radius 1 is 1.38 bits per heavy atom. The van der Waals surface area contributed by atoms with Crippen molar-refractivity contribution in [2.75, 3.05) is 0 Å². The van der Waals surface area contributed by atoms with Gasteiger partial charge in [0.15, 0.2) is 0 Å². The number of rotatable bonds is 3. The van der Waals surface area contributed by atoms with Gasteiger partial charge in [-0.25, -0.2) is 0 Å². The van der Waals surface area contributed by atoms with E-state index in [1.165, 1.54) is 0 Å². The van der Waals surface area contributed by atoms with Crippen LogP contribution < -0.4 is 5.73 Å². The van der Waals surface area contributed by atoms with Gasteiger partial charge >= 0.3 is 0 Å². The molecule has 1 aromatic rings. The van der Waals surface area contributed by atoms with Crippen LogP contribution in [0.4, 0.5) is 0 Å². The highest BCUT2D eigenvalue weighted by atomic mass is 35.5. The van der Waals surface area contributed by atoms with Crippen molar-refractivity contribution in [2.45, 2.75) is 12.5 Å². The highest BCUT2D eigenvalue weighted by Crippen LogP contribution is 2.03. The lowest BCUT2D eigenvalue weighted by Gasteiger charge is -2.04. The average Bonchev–Trinajstić information content (AvgIpc) is 2.06. The van der Waals surface area contributed by atoms with Crippen LogP contribution in [0.25, 0.3) is 0 Å². The van der Waals surface area contributed by atoms with E-state index in [-0.39, 0.29) is 12.4 Å². The van der Waals surface area contributed by atoms with Crippen LogP contribution in [0.3, 0.4) is 0 Å². The summed E-state index contributed by atoms with van der Waals surface area (Å²) in [4.78, 5) is 10.6. The lowest BCUT2D eigenvalue weighted by molar-refractivity contribution is -0.112. The van der Waals surface area contributed by atoms with Gasteiger partial charge in [0.2, 0.25) is 5.24 Å². The Balaban J connectivity index is 0.00000144. The van der Waals surface area contributed by atoms with Gasteiger partial charge in [0.25, 0.3) is 0 Å². The van der Waals surface area contributed by atoms with Crippen molar-refractivity contribution in [1.82, 2.24) is 0 Å². The summed E-state index contributed by atoms with van der Waals surface area (Å²) in [5, 5.41) is -0.487. The zero-order chi connectivity index (χ0) is 8.97.